The minimum Gasteiger partial charge on any atom is -0.491 e. The normalized spacial score (nSPS) is 18.5. The topological polar surface area (TPSA) is 66.7 Å². The smallest absolute Gasteiger partial charge is 0.121 e. The van der Waals surface area contributed by atoms with Crippen LogP contribution in [0.25, 0.3) is 21.3 Å². The highest BCUT2D eigenvalue weighted by molar-refractivity contribution is 7.18. The molecule has 0 unspecified atom stereocenters. The van der Waals surface area contributed by atoms with Crippen molar-refractivity contribution in [3.63, 3.8) is 0 Å². The van der Waals surface area contributed by atoms with Crippen LogP contribution >= 0.6 is 11.3 Å². The fraction of sp³-hybridized carbons (Fsp3) is 0.484. The van der Waals surface area contributed by atoms with E-state index in [4.69, 9.17) is 9.72 Å². The number of aromatic nitrogens is 3. The molecule has 2 fully saturated rings. The fourth-order valence-electron chi connectivity index (χ4n) is 5.79. The Bertz CT molecular complexity index is 1330. The average molecular weight is 546 g/mol. The summed E-state index contributed by atoms with van der Waals surface area (Å²) >= 11 is 1.83. The first-order valence-corrected chi connectivity index (χ1v) is 15.3. The van der Waals surface area contributed by atoms with Gasteiger partial charge in [-0.2, -0.15) is 5.10 Å². The summed E-state index contributed by atoms with van der Waals surface area (Å²) in [6.07, 6.45) is 10.1. The molecule has 1 saturated carbocycles. The molecule has 1 atom stereocenters. The molecule has 1 aliphatic heterocycles. The van der Waals surface area contributed by atoms with Crippen molar-refractivity contribution in [2.75, 3.05) is 45.9 Å². The number of fused-ring (bicyclic) bond motifs is 1. The molecule has 4 aromatic rings. The van der Waals surface area contributed by atoms with Crippen molar-refractivity contribution in [3.05, 3.63) is 65.9 Å². The minimum absolute atomic E-state index is 0.300. The summed E-state index contributed by atoms with van der Waals surface area (Å²) in [5.74, 6) is 1.42. The summed E-state index contributed by atoms with van der Waals surface area (Å²) in [5.41, 5.74) is 3.38. The first kappa shape index (κ1) is 26.4. The van der Waals surface area contributed by atoms with Crippen molar-refractivity contribution in [3.8, 4) is 16.9 Å². The predicted molar refractivity (Wildman–Crippen MR) is 157 cm³/mol. The number of thiazole rings is 1. The molecule has 206 valence electrons. The predicted octanol–water partition coefficient (Wildman–Crippen LogP) is 5.27. The first-order valence-electron chi connectivity index (χ1n) is 14.4. The van der Waals surface area contributed by atoms with Gasteiger partial charge in [-0.05, 0) is 30.5 Å². The third kappa shape index (κ3) is 6.87. The van der Waals surface area contributed by atoms with Crippen LogP contribution in [0.1, 0.15) is 43.0 Å². The van der Waals surface area contributed by atoms with E-state index in [0.717, 1.165) is 56.1 Å². The molecular formula is C31H39N5O2S. The van der Waals surface area contributed by atoms with Gasteiger partial charge in [0.25, 0.3) is 0 Å². The molecule has 2 aromatic carbocycles. The second-order valence-corrected chi connectivity index (χ2v) is 12.0. The number of rotatable bonds is 10. The Balaban J connectivity index is 0.916. The zero-order valence-electron chi connectivity index (χ0n) is 22.6. The van der Waals surface area contributed by atoms with Gasteiger partial charge in [-0.15, -0.1) is 11.3 Å². The number of benzene rings is 2. The monoisotopic (exact) mass is 545 g/mol. The van der Waals surface area contributed by atoms with Crippen molar-refractivity contribution < 1.29 is 9.84 Å². The van der Waals surface area contributed by atoms with E-state index in [2.05, 4.69) is 51.4 Å². The molecule has 0 radical (unpaired) electrons. The third-order valence-corrected chi connectivity index (χ3v) is 9.29. The summed E-state index contributed by atoms with van der Waals surface area (Å²) in [6, 6.07) is 16.6. The highest BCUT2D eigenvalue weighted by atomic mass is 32.1. The Kier molecular flexibility index (Phi) is 8.54. The maximum Gasteiger partial charge on any atom is 0.121 e. The maximum atomic E-state index is 10.7. The maximum absolute atomic E-state index is 10.7. The number of nitrogens with zero attached hydrogens (tertiary/aromatic N) is 5. The second kappa shape index (κ2) is 12.6. The van der Waals surface area contributed by atoms with Gasteiger partial charge in [-0.25, -0.2) is 4.98 Å². The molecule has 8 heteroatoms. The van der Waals surface area contributed by atoms with E-state index in [-0.39, 0.29) is 0 Å². The zero-order valence-corrected chi connectivity index (χ0v) is 23.4. The molecule has 0 amide bonds. The summed E-state index contributed by atoms with van der Waals surface area (Å²) in [5, 5.41) is 16.5. The zero-order chi connectivity index (χ0) is 26.4. The Morgan fingerprint density at radius 1 is 0.923 bits per heavy atom. The number of aliphatic hydroxyl groups excluding tert-OH is 1. The summed E-state index contributed by atoms with van der Waals surface area (Å²) in [6.45, 7) is 6.73. The van der Waals surface area contributed by atoms with Gasteiger partial charge < -0.3 is 9.84 Å². The summed E-state index contributed by atoms with van der Waals surface area (Å²) in [4.78, 5) is 9.75. The van der Waals surface area contributed by atoms with E-state index in [1.807, 2.05) is 40.4 Å². The summed E-state index contributed by atoms with van der Waals surface area (Å²) in [7, 11) is 0. The molecule has 39 heavy (non-hydrogen) atoms. The lowest BCUT2D eigenvalue weighted by atomic mass is 9.90. The van der Waals surface area contributed by atoms with E-state index < -0.39 is 6.10 Å². The molecule has 0 bridgehead atoms. The number of ether oxygens (including phenoxy) is 1. The lowest BCUT2D eigenvalue weighted by Gasteiger charge is -2.35. The molecule has 6 rings (SSSR count). The van der Waals surface area contributed by atoms with Gasteiger partial charge >= 0.3 is 0 Å². The molecular weight excluding hydrogens is 506 g/mol. The van der Waals surface area contributed by atoms with Gasteiger partial charge in [-0.3, -0.25) is 14.5 Å². The fourth-order valence-corrected chi connectivity index (χ4v) is 6.90. The van der Waals surface area contributed by atoms with Gasteiger partial charge in [0, 0.05) is 63.0 Å². The van der Waals surface area contributed by atoms with Crippen LogP contribution in [0.3, 0.4) is 0 Å². The van der Waals surface area contributed by atoms with Crippen molar-refractivity contribution in [1.29, 1.82) is 0 Å². The standard InChI is InChI=1S/C31H39N5O2S/c37-27(23-38-28-11-12-30-29(19-28)33-31(39-30)25-9-5-2-6-10-25)22-35-15-13-34(14-16-35)17-18-36-21-26(20-32-36)24-7-3-1-4-8-24/h1,3-4,7-8,11-12,19-21,25,27,37H,2,5-6,9-10,13-18,22-23H2/t27-/m0/s1. The quantitative estimate of drug-likeness (QED) is 0.293. The van der Waals surface area contributed by atoms with E-state index in [9.17, 15) is 5.11 Å². The van der Waals surface area contributed by atoms with Gasteiger partial charge in [0.2, 0.25) is 0 Å². The molecule has 1 aliphatic carbocycles. The van der Waals surface area contributed by atoms with Crippen LogP contribution in [-0.2, 0) is 6.54 Å². The second-order valence-electron chi connectivity index (χ2n) is 11.0. The van der Waals surface area contributed by atoms with Crippen molar-refractivity contribution >= 4 is 21.6 Å². The largest absolute Gasteiger partial charge is 0.491 e. The van der Waals surface area contributed by atoms with Crippen LogP contribution in [0.4, 0.5) is 0 Å². The Hall–Kier alpha value is -2.78. The van der Waals surface area contributed by atoms with Gasteiger partial charge in [0.05, 0.1) is 28.0 Å². The van der Waals surface area contributed by atoms with E-state index in [1.54, 1.807) is 0 Å². The molecule has 3 heterocycles. The van der Waals surface area contributed by atoms with Crippen LogP contribution in [-0.4, -0.2) is 81.7 Å². The van der Waals surface area contributed by atoms with Crippen molar-refractivity contribution in [2.45, 2.75) is 50.7 Å². The number of piperazine rings is 1. The Morgan fingerprint density at radius 2 is 1.72 bits per heavy atom. The molecule has 1 saturated heterocycles. The highest BCUT2D eigenvalue weighted by Crippen LogP contribution is 2.37. The minimum atomic E-state index is -0.513. The van der Waals surface area contributed by atoms with Crippen molar-refractivity contribution in [1.82, 2.24) is 24.6 Å². The van der Waals surface area contributed by atoms with E-state index >= 15 is 0 Å². The number of hydrogen-bond donors (Lipinski definition) is 1. The van der Waals surface area contributed by atoms with Crippen LogP contribution in [0, 0.1) is 0 Å². The molecule has 0 spiro atoms. The summed E-state index contributed by atoms with van der Waals surface area (Å²) < 4.78 is 9.25. The van der Waals surface area contributed by atoms with E-state index in [1.165, 1.54) is 47.4 Å². The highest BCUT2D eigenvalue weighted by Gasteiger charge is 2.21. The van der Waals surface area contributed by atoms with E-state index in [0.29, 0.717) is 19.1 Å². The van der Waals surface area contributed by atoms with Gasteiger partial charge in [-0.1, -0.05) is 49.6 Å². The molecule has 7 nitrogen and oxygen atoms in total. The molecule has 1 N–H and O–H groups in total. The van der Waals surface area contributed by atoms with Crippen LogP contribution < -0.4 is 4.74 Å². The molecule has 2 aromatic heterocycles. The first-order chi connectivity index (χ1) is 19.2. The lowest BCUT2D eigenvalue weighted by molar-refractivity contribution is 0.0453. The van der Waals surface area contributed by atoms with Gasteiger partial charge in [0.15, 0.2) is 0 Å². The third-order valence-electron chi connectivity index (χ3n) is 8.09. The number of β-amino-alcohol motifs (C(OH)–C–C–N with tert-alkyl or cyclic N) is 1. The number of aliphatic hydroxyl groups is 1. The lowest BCUT2D eigenvalue weighted by Crippen LogP contribution is -2.49. The van der Waals surface area contributed by atoms with Crippen LogP contribution in [0.5, 0.6) is 5.75 Å². The Labute approximate surface area is 235 Å². The van der Waals surface area contributed by atoms with Crippen LogP contribution in [0.2, 0.25) is 0 Å². The van der Waals surface area contributed by atoms with Gasteiger partial charge in [0.1, 0.15) is 18.5 Å². The SMILES string of the molecule is O[C@H](COc1ccc2sc(C3CCCCC3)nc2c1)CN1CCN(CCn2cc(-c3ccccc3)cn2)CC1. The van der Waals surface area contributed by atoms with Crippen molar-refractivity contribution in [2.24, 2.45) is 0 Å². The Morgan fingerprint density at radius 3 is 2.54 bits per heavy atom. The number of hydrogen-bond acceptors (Lipinski definition) is 7. The average Bonchev–Trinajstić information content (AvgIpc) is 3.64. The van der Waals surface area contributed by atoms with Crippen LogP contribution in [0.15, 0.2) is 60.9 Å². The molecule has 2 aliphatic rings.